The van der Waals surface area contributed by atoms with E-state index in [0.29, 0.717) is 82.9 Å². The molecule has 388 valence electrons. The summed E-state index contributed by atoms with van der Waals surface area (Å²) >= 11 is 0. The Balaban J connectivity index is 1.49. The van der Waals surface area contributed by atoms with Crippen LogP contribution in [0.1, 0.15) is 257 Å². The van der Waals surface area contributed by atoms with Crippen molar-refractivity contribution in [2.75, 3.05) is 0 Å². The lowest BCUT2D eigenvalue weighted by Crippen LogP contribution is -2.34. The summed E-state index contributed by atoms with van der Waals surface area (Å²) in [6.07, 6.45) is 2.04. The lowest BCUT2D eigenvalue weighted by Gasteiger charge is -2.43. The second-order valence-corrected chi connectivity index (χ2v) is 27.3. The highest BCUT2D eigenvalue weighted by Gasteiger charge is 2.50. The highest BCUT2D eigenvalue weighted by atomic mass is 14.5. The second-order valence-electron chi connectivity index (χ2n) is 27.3. The van der Waals surface area contributed by atoms with Gasteiger partial charge in [-0.15, -0.1) is 0 Å². The summed E-state index contributed by atoms with van der Waals surface area (Å²) in [5.74, 6) is 7.33. The van der Waals surface area contributed by atoms with Crippen LogP contribution in [-0.2, 0) is 0 Å². The number of rotatable bonds is 15. The van der Waals surface area contributed by atoms with Gasteiger partial charge in [-0.05, 0) is 261 Å². The maximum atomic E-state index is 4.96. The van der Waals surface area contributed by atoms with Crippen molar-refractivity contribution in [2.45, 2.75) is 223 Å². The predicted octanol–water partition coefficient (Wildman–Crippen LogP) is 21.6. The van der Waals surface area contributed by atoms with Crippen molar-refractivity contribution in [2.24, 2.45) is 70.5 Å². The minimum Gasteiger partial charge on any atom is -0.0946 e. The molecular weight excluding hydrogens is 853 g/mol. The molecule has 0 heteroatoms. The summed E-state index contributed by atoms with van der Waals surface area (Å²) in [5.41, 5.74) is 37.3. The van der Waals surface area contributed by atoms with Crippen molar-refractivity contribution < 1.29 is 0 Å². The van der Waals surface area contributed by atoms with Crippen LogP contribution >= 0.6 is 0 Å². The van der Waals surface area contributed by atoms with Crippen molar-refractivity contribution in [1.82, 2.24) is 0 Å². The Hall–Kier alpha value is -3.38. The monoisotopic (exact) mass is 957 g/mol. The van der Waals surface area contributed by atoms with E-state index in [1.54, 1.807) is 66.8 Å². The number of benzene rings is 1. The predicted molar refractivity (Wildman–Crippen MR) is 315 cm³/mol. The number of allylic oxidation sites excluding steroid dienone is 18. The zero-order valence-corrected chi connectivity index (χ0v) is 51.0. The summed E-state index contributed by atoms with van der Waals surface area (Å²) in [5, 5.41) is 0. The standard InChI is InChI=1S/C71H104/c1-32(2)37(10)39(12)40(13)41(14)45(18)67-63(57-31-56(43(16)44(57)17)62-48(21)51(24)65-61(47(20)50(23)66(62)65)55-30-36(9)38(11)42(55)15)53(26)68-59(34(5)6)69-60(52(25)54(27)71(28,29)35(7)8)46(19)49(22)64(69)58(33(3)4)70(67)68/h32-35,37,39-41,45,47-48,52,54,60,67H,23-24,30-31H2,1-22,25-29H3. The van der Waals surface area contributed by atoms with Gasteiger partial charge in [0, 0.05) is 23.7 Å². The van der Waals surface area contributed by atoms with Crippen molar-refractivity contribution in [3.05, 3.63) is 136 Å². The lowest BCUT2D eigenvalue weighted by atomic mass is 9.62. The van der Waals surface area contributed by atoms with Crippen LogP contribution in [0.25, 0.3) is 11.1 Å². The summed E-state index contributed by atoms with van der Waals surface area (Å²) < 4.78 is 0. The van der Waals surface area contributed by atoms with Gasteiger partial charge in [0.1, 0.15) is 0 Å². The minimum atomic E-state index is 0.226. The molecule has 0 fully saturated rings. The molecule has 71 heavy (non-hydrogen) atoms. The average molecular weight is 958 g/mol. The molecule has 11 atom stereocenters. The molecule has 1 aromatic carbocycles. The Morgan fingerprint density at radius 2 is 0.859 bits per heavy atom. The molecule has 0 radical (unpaired) electrons. The summed E-state index contributed by atoms with van der Waals surface area (Å²) in [4.78, 5) is 0. The molecule has 0 spiro atoms. The third kappa shape index (κ3) is 8.16. The third-order valence-electron chi connectivity index (χ3n) is 23.1. The Labute approximate surface area is 438 Å². The normalized spacial score (nSPS) is 26.1. The Bertz CT molecular complexity index is 2710. The van der Waals surface area contributed by atoms with E-state index >= 15 is 0 Å². The zero-order valence-electron chi connectivity index (χ0n) is 51.0. The number of hydrogen-bond donors (Lipinski definition) is 0. The molecule has 0 aliphatic heterocycles. The van der Waals surface area contributed by atoms with Crippen molar-refractivity contribution >= 4 is 11.1 Å². The lowest BCUT2D eigenvalue weighted by molar-refractivity contribution is 0.0980. The van der Waals surface area contributed by atoms with E-state index in [-0.39, 0.29) is 11.3 Å². The fourth-order valence-electron chi connectivity index (χ4n) is 15.9. The second kappa shape index (κ2) is 19.4. The van der Waals surface area contributed by atoms with E-state index in [0.717, 1.165) is 12.8 Å². The van der Waals surface area contributed by atoms with Gasteiger partial charge in [-0.3, -0.25) is 0 Å². The Morgan fingerprint density at radius 1 is 0.451 bits per heavy atom. The SMILES string of the molecule is C=C1C2=C(C3=C(C)C(C)=C(C4=C(C)c5c(C(C)C)c6c(c(C(C)C)c5C4C(C)C(C)C(C)C(C)C(C)C(C)C)C(C)=C(C)C6C(C)C(C)C(C)(C)C(C)C)C3)C(C)C(=C)C2=C(C2=C(C)C(C)=C(C)C2)C1C. The first-order valence-corrected chi connectivity index (χ1v) is 29.1. The third-order valence-corrected chi connectivity index (χ3v) is 23.1. The molecule has 0 saturated carbocycles. The van der Waals surface area contributed by atoms with Crippen LogP contribution in [-0.4, -0.2) is 0 Å². The van der Waals surface area contributed by atoms with Gasteiger partial charge in [0.25, 0.3) is 0 Å². The van der Waals surface area contributed by atoms with Gasteiger partial charge in [-0.25, -0.2) is 0 Å². The van der Waals surface area contributed by atoms with Crippen molar-refractivity contribution in [3.63, 3.8) is 0 Å². The molecule has 0 heterocycles. The number of fused-ring (bicyclic) bond motifs is 3. The van der Waals surface area contributed by atoms with E-state index in [2.05, 4.69) is 187 Å². The largest absolute Gasteiger partial charge is 0.0946 e. The highest BCUT2D eigenvalue weighted by Crippen LogP contribution is 2.65. The minimum absolute atomic E-state index is 0.226. The molecular formula is C71H104. The molecule has 7 rings (SSSR count). The molecule has 6 aliphatic carbocycles. The quantitative estimate of drug-likeness (QED) is 0.164. The van der Waals surface area contributed by atoms with E-state index in [1.807, 2.05) is 0 Å². The van der Waals surface area contributed by atoms with E-state index in [9.17, 15) is 0 Å². The van der Waals surface area contributed by atoms with Gasteiger partial charge in [0.15, 0.2) is 0 Å². The average Bonchev–Trinajstić information content (AvgIpc) is 4.06. The smallest absolute Gasteiger partial charge is 0.0133 e. The molecule has 0 amide bonds. The Kier molecular flexibility index (Phi) is 15.1. The zero-order chi connectivity index (χ0) is 53.4. The molecule has 11 unspecified atom stereocenters. The molecule has 0 saturated heterocycles. The summed E-state index contributed by atoms with van der Waals surface area (Å²) in [7, 11) is 0. The van der Waals surface area contributed by atoms with Gasteiger partial charge in [-0.2, -0.15) is 0 Å². The molecule has 6 aliphatic rings. The summed E-state index contributed by atoms with van der Waals surface area (Å²) in [6.45, 7) is 77.6. The van der Waals surface area contributed by atoms with Crippen LogP contribution in [0.5, 0.6) is 0 Å². The van der Waals surface area contributed by atoms with Crippen LogP contribution in [0.2, 0.25) is 0 Å². The molecule has 0 bridgehead atoms. The van der Waals surface area contributed by atoms with E-state index in [1.165, 1.54) is 66.9 Å². The number of hydrogen-bond acceptors (Lipinski definition) is 0. The van der Waals surface area contributed by atoms with Crippen LogP contribution in [0.4, 0.5) is 0 Å². The molecule has 1 aromatic rings. The van der Waals surface area contributed by atoms with Gasteiger partial charge >= 0.3 is 0 Å². The molecule has 0 aromatic heterocycles. The van der Waals surface area contributed by atoms with E-state index < -0.39 is 0 Å². The van der Waals surface area contributed by atoms with Crippen LogP contribution in [0, 0.1) is 70.5 Å². The maximum Gasteiger partial charge on any atom is 0.0133 e. The van der Waals surface area contributed by atoms with Crippen LogP contribution in [0.15, 0.2) is 102 Å². The van der Waals surface area contributed by atoms with Crippen molar-refractivity contribution in [1.29, 1.82) is 0 Å². The molecule has 0 nitrogen and oxygen atoms in total. The fraction of sp³-hybridized carbons (Fsp3) is 0.634. The van der Waals surface area contributed by atoms with Gasteiger partial charge < -0.3 is 0 Å². The van der Waals surface area contributed by atoms with Gasteiger partial charge in [-0.1, -0.05) is 156 Å². The highest BCUT2D eigenvalue weighted by molar-refractivity contribution is 5.92. The van der Waals surface area contributed by atoms with Gasteiger partial charge in [0.2, 0.25) is 0 Å². The first-order chi connectivity index (χ1) is 32.8. The van der Waals surface area contributed by atoms with E-state index in [4.69, 9.17) is 13.2 Å². The summed E-state index contributed by atoms with van der Waals surface area (Å²) in [6, 6.07) is 0. The fourth-order valence-corrected chi connectivity index (χ4v) is 15.9. The topological polar surface area (TPSA) is 0 Å². The van der Waals surface area contributed by atoms with Crippen LogP contribution < -0.4 is 0 Å². The first-order valence-electron chi connectivity index (χ1n) is 29.1. The molecule has 0 N–H and O–H groups in total. The first kappa shape index (κ1) is 55.4. The van der Waals surface area contributed by atoms with Gasteiger partial charge in [0.05, 0.1) is 0 Å². The van der Waals surface area contributed by atoms with Crippen molar-refractivity contribution in [3.8, 4) is 0 Å². The maximum absolute atomic E-state index is 4.96. The Morgan fingerprint density at radius 3 is 1.28 bits per heavy atom. The van der Waals surface area contributed by atoms with Crippen LogP contribution in [0.3, 0.4) is 0 Å².